The molecule has 3 nitrogen and oxygen atoms in total. The first-order valence-corrected chi connectivity index (χ1v) is 7.90. The average Bonchev–Trinajstić information content (AvgIpc) is 2.94. The molecule has 1 heterocycles. The molecule has 1 saturated heterocycles. The highest BCUT2D eigenvalue weighted by molar-refractivity contribution is 5.79. The Kier molecular flexibility index (Phi) is 4.24. The summed E-state index contributed by atoms with van der Waals surface area (Å²) >= 11 is 0. The van der Waals surface area contributed by atoms with Gasteiger partial charge in [0.1, 0.15) is 5.82 Å². The molecule has 1 aromatic rings. The van der Waals surface area contributed by atoms with Crippen molar-refractivity contribution in [1.82, 2.24) is 9.80 Å². The van der Waals surface area contributed by atoms with Crippen molar-refractivity contribution in [2.45, 2.75) is 44.2 Å². The van der Waals surface area contributed by atoms with Crippen molar-refractivity contribution in [2.24, 2.45) is 0 Å². The van der Waals surface area contributed by atoms with Gasteiger partial charge in [-0.2, -0.15) is 0 Å². The topological polar surface area (TPSA) is 23.6 Å². The monoisotopic (exact) mass is 290 g/mol. The maximum absolute atomic E-state index is 13.0. The number of likely N-dealkylation sites (N-methyl/N-ethyl adjacent to an activating group) is 1. The second kappa shape index (κ2) is 6.14. The molecule has 114 valence electrons. The minimum atomic E-state index is -0.225. The molecule has 3 rings (SSSR count). The molecule has 1 aliphatic carbocycles. The van der Waals surface area contributed by atoms with Gasteiger partial charge in [-0.05, 0) is 44.0 Å². The van der Waals surface area contributed by atoms with E-state index in [1.807, 2.05) is 4.90 Å². The lowest BCUT2D eigenvalue weighted by molar-refractivity contribution is -0.140. The summed E-state index contributed by atoms with van der Waals surface area (Å²) in [7, 11) is 2.06. The largest absolute Gasteiger partial charge is 0.334 e. The fraction of sp³-hybridized carbons (Fsp3) is 0.588. The third kappa shape index (κ3) is 3.10. The molecular formula is C17H23FN2O. The van der Waals surface area contributed by atoms with Crippen molar-refractivity contribution in [2.75, 3.05) is 20.1 Å². The van der Waals surface area contributed by atoms with Gasteiger partial charge in [0.2, 0.25) is 5.91 Å². The predicted octanol–water partition coefficient (Wildman–Crippen LogP) is 2.97. The number of amides is 1. The van der Waals surface area contributed by atoms with Crippen LogP contribution in [0, 0.1) is 5.82 Å². The molecule has 0 N–H and O–H groups in total. The normalized spacial score (nSPS) is 22.6. The van der Waals surface area contributed by atoms with Crippen molar-refractivity contribution >= 4 is 5.91 Å². The van der Waals surface area contributed by atoms with Gasteiger partial charge in [-0.3, -0.25) is 9.69 Å². The van der Waals surface area contributed by atoms with Gasteiger partial charge in [-0.15, -0.1) is 0 Å². The van der Waals surface area contributed by atoms with Crippen LogP contribution in [0.3, 0.4) is 0 Å². The quantitative estimate of drug-likeness (QED) is 0.851. The van der Waals surface area contributed by atoms with Gasteiger partial charge in [-0.1, -0.05) is 25.0 Å². The van der Waals surface area contributed by atoms with Crippen molar-refractivity contribution in [1.29, 1.82) is 0 Å². The molecule has 1 amide bonds. The van der Waals surface area contributed by atoms with Crippen molar-refractivity contribution < 1.29 is 9.18 Å². The van der Waals surface area contributed by atoms with E-state index < -0.39 is 0 Å². The fourth-order valence-electron chi connectivity index (χ4n) is 3.50. The van der Waals surface area contributed by atoms with Gasteiger partial charge in [0.15, 0.2) is 0 Å². The highest BCUT2D eigenvalue weighted by atomic mass is 19.1. The Bertz CT molecular complexity index is 496. The molecular weight excluding hydrogens is 267 g/mol. The van der Waals surface area contributed by atoms with Gasteiger partial charge in [0.25, 0.3) is 0 Å². The molecule has 21 heavy (non-hydrogen) atoms. The van der Waals surface area contributed by atoms with Gasteiger partial charge in [0.05, 0.1) is 12.6 Å². The minimum absolute atomic E-state index is 0.134. The molecule has 0 bridgehead atoms. The highest BCUT2D eigenvalue weighted by Crippen LogP contribution is 2.33. The van der Waals surface area contributed by atoms with Crippen molar-refractivity contribution in [3.63, 3.8) is 0 Å². The summed E-state index contributed by atoms with van der Waals surface area (Å²) in [6.07, 6.45) is 5.97. The number of hydrogen-bond acceptors (Lipinski definition) is 2. The van der Waals surface area contributed by atoms with E-state index in [0.29, 0.717) is 12.6 Å². The first-order valence-electron chi connectivity index (χ1n) is 7.90. The van der Waals surface area contributed by atoms with Crippen LogP contribution in [-0.2, 0) is 4.79 Å². The van der Waals surface area contributed by atoms with E-state index >= 15 is 0 Å². The summed E-state index contributed by atoms with van der Waals surface area (Å²) in [6.45, 7) is 1.32. The molecule has 0 spiro atoms. The van der Waals surface area contributed by atoms with Gasteiger partial charge in [-0.25, -0.2) is 4.39 Å². The molecule has 1 aliphatic heterocycles. The van der Waals surface area contributed by atoms with Gasteiger partial charge >= 0.3 is 0 Å². The third-order valence-corrected chi connectivity index (χ3v) is 4.93. The second-order valence-electron chi connectivity index (χ2n) is 6.30. The summed E-state index contributed by atoms with van der Waals surface area (Å²) in [5.41, 5.74) is 1.04. The lowest BCUT2D eigenvalue weighted by Crippen LogP contribution is -2.49. The predicted molar refractivity (Wildman–Crippen MR) is 80.4 cm³/mol. The Balaban J connectivity index is 1.58. The van der Waals surface area contributed by atoms with Gasteiger partial charge < -0.3 is 4.90 Å². The Morgan fingerprint density at radius 3 is 2.48 bits per heavy atom. The Labute approximate surface area is 125 Å². The van der Waals surface area contributed by atoms with Crippen LogP contribution in [0.1, 0.15) is 43.7 Å². The smallest absolute Gasteiger partial charge is 0.237 e. The first-order chi connectivity index (χ1) is 10.1. The molecule has 1 atom stereocenters. The number of halogens is 1. The molecule has 0 aromatic heterocycles. The zero-order valence-electron chi connectivity index (χ0n) is 12.6. The van der Waals surface area contributed by atoms with Crippen LogP contribution in [0.15, 0.2) is 24.3 Å². The zero-order valence-corrected chi connectivity index (χ0v) is 12.6. The lowest BCUT2D eigenvalue weighted by atomic mass is 9.94. The summed E-state index contributed by atoms with van der Waals surface area (Å²) in [6, 6.07) is 7.23. The maximum Gasteiger partial charge on any atom is 0.237 e. The SMILES string of the molecule is CN(CC(=O)N1CCC1c1ccc(F)cc1)C1CCCC1. The van der Waals surface area contributed by atoms with E-state index in [0.717, 1.165) is 18.5 Å². The summed E-state index contributed by atoms with van der Waals surface area (Å²) in [5.74, 6) is -0.0260. The number of benzene rings is 1. The van der Waals surface area contributed by atoms with E-state index in [1.165, 1.54) is 37.8 Å². The lowest BCUT2D eigenvalue weighted by Gasteiger charge is -2.42. The minimum Gasteiger partial charge on any atom is -0.334 e. The van der Waals surface area contributed by atoms with Crippen molar-refractivity contribution in [3.8, 4) is 0 Å². The van der Waals surface area contributed by atoms with Crippen LogP contribution >= 0.6 is 0 Å². The number of carbonyl (C=O) groups is 1. The second-order valence-corrected chi connectivity index (χ2v) is 6.30. The Hall–Kier alpha value is -1.42. The summed E-state index contributed by atoms with van der Waals surface area (Å²) in [5, 5.41) is 0. The molecule has 2 aliphatic rings. The Morgan fingerprint density at radius 1 is 1.24 bits per heavy atom. The summed E-state index contributed by atoms with van der Waals surface area (Å²) in [4.78, 5) is 16.6. The molecule has 1 saturated carbocycles. The van der Waals surface area contributed by atoms with Crippen molar-refractivity contribution in [3.05, 3.63) is 35.6 Å². The van der Waals surface area contributed by atoms with E-state index in [1.54, 1.807) is 12.1 Å². The molecule has 1 aromatic carbocycles. The van der Waals surface area contributed by atoms with E-state index in [-0.39, 0.29) is 17.8 Å². The fourth-order valence-corrected chi connectivity index (χ4v) is 3.50. The van der Waals surface area contributed by atoms with Crippen LogP contribution in [0.4, 0.5) is 4.39 Å². The molecule has 0 radical (unpaired) electrons. The number of hydrogen-bond donors (Lipinski definition) is 0. The third-order valence-electron chi connectivity index (χ3n) is 4.93. The molecule has 4 heteroatoms. The maximum atomic E-state index is 13.0. The number of nitrogens with zero attached hydrogens (tertiary/aromatic N) is 2. The van der Waals surface area contributed by atoms with Crippen LogP contribution < -0.4 is 0 Å². The van der Waals surface area contributed by atoms with E-state index in [4.69, 9.17) is 0 Å². The van der Waals surface area contributed by atoms with E-state index in [9.17, 15) is 9.18 Å². The van der Waals surface area contributed by atoms with Crippen LogP contribution in [-0.4, -0.2) is 41.9 Å². The van der Waals surface area contributed by atoms with E-state index in [2.05, 4.69) is 11.9 Å². The highest BCUT2D eigenvalue weighted by Gasteiger charge is 2.34. The molecule has 2 fully saturated rings. The average molecular weight is 290 g/mol. The number of likely N-dealkylation sites (tertiary alicyclic amines) is 1. The standard InChI is InChI=1S/C17H23FN2O/c1-19(15-4-2-3-5-15)12-17(21)20-11-10-16(20)13-6-8-14(18)9-7-13/h6-9,15-16H,2-5,10-12H2,1H3. The number of rotatable bonds is 4. The van der Waals surface area contributed by atoms with Crippen LogP contribution in [0.2, 0.25) is 0 Å². The zero-order chi connectivity index (χ0) is 14.8. The van der Waals surface area contributed by atoms with Crippen LogP contribution in [0.5, 0.6) is 0 Å². The Morgan fingerprint density at radius 2 is 1.90 bits per heavy atom. The van der Waals surface area contributed by atoms with Gasteiger partial charge in [0, 0.05) is 12.6 Å². The summed E-state index contributed by atoms with van der Waals surface area (Å²) < 4.78 is 13.0. The number of carbonyl (C=O) groups excluding carboxylic acids is 1. The molecule has 1 unspecified atom stereocenters. The first kappa shape index (κ1) is 14.5. The van der Waals surface area contributed by atoms with Crippen LogP contribution in [0.25, 0.3) is 0 Å².